The van der Waals surface area contributed by atoms with Crippen molar-refractivity contribution in [1.29, 1.82) is 0 Å². The maximum atomic E-state index is 4.42. The fourth-order valence-electron chi connectivity index (χ4n) is 1.25. The maximum absolute atomic E-state index is 4.42. The summed E-state index contributed by atoms with van der Waals surface area (Å²) in [5.41, 5.74) is 0. The molecule has 0 fully saturated rings. The van der Waals surface area contributed by atoms with E-state index in [-0.39, 0.29) is 0 Å². The lowest BCUT2D eigenvalue weighted by Crippen LogP contribution is -2.03. The molecule has 0 aromatic carbocycles. The Morgan fingerprint density at radius 3 is 2.53 bits per heavy atom. The third kappa shape index (κ3) is 4.60. The zero-order valence-electron chi connectivity index (χ0n) is 10.1. The first-order chi connectivity index (χ1) is 7.09. The maximum Gasteiger partial charge on any atom is 0.202 e. The Kier molecular flexibility index (Phi) is 5.02. The third-order valence-electron chi connectivity index (χ3n) is 2.19. The monoisotopic (exact) mass is 227 g/mol. The van der Waals surface area contributed by atoms with Crippen LogP contribution in [0.4, 0.5) is 5.13 Å². The van der Waals surface area contributed by atoms with Crippen LogP contribution >= 0.6 is 11.5 Å². The van der Waals surface area contributed by atoms with Crippen molar-refractivity contribution in [2.75, 3.05) is 11.9 Å². The highest BCUT2D eigenvalue weighted by Gasteiger charge is 2.06. The van der Waals surface area contributed by atoms with Gasteiger partial charge in [0.1, 0.15) is 5.82 Å². The summed E-state index contributed by atoms with van der Waals surface area (Å²) in [6, 6.07) is 0. The van der Waals surface area contributed by atoms with E-state index < -0.39 is 0 Å². The van der Waals surface area contributed by atoms with Crippen molar-refractivity contribution in [2.45, 2.75) is 46.5 Å². The van der Waals surface area contributed by atoms with E-state index in [4.69, 9.17) is 0 Å². The van der Waals surface area contributed by atoms with Crippen molar-refractivity contribution >= 4 is 16.7 Å². The van der Waals surface area contributed by atoms with Gasteiger partial charge in [0.25, 0.3) is 0 Å². The lowest BCUT2D eigenvalue weighted by molar-refractivity contribution is 0.567. The molecule has 0 aliphatic rings. The van der Waals surface area contributed by atoms with Gasteiger partial charge in [0, 0.05) is 24.0 Å². The van der Waals surface area contributed by atoms with Crippen LogP contribution in [0.2, 0.25) is 0 Å². The summed E-state index contributed by atoms with van der Waals surface area (Å²) in [7, 11) is 0. The van der Waals surface area contributed by atoms with E-state index in [9.17, 15) is 0 Å². The number of hydrogen-bond acceptors (Lipinski definition) is 4. The molecule has 1 rings (SSSR count). The third-order valence-corrected chi connectivity index (χ3v) is 2.88. The van der Waals surface area contributed by atoms with Crippen molar-refractivity contribution in [3.05, 3.63) is 5.82 Å². The molecule has 1 heterocycles. The second-order valence-electron chi connectivity index (χ2n) is 4.58. The van der Waals surface area contributed by atoms with E-state index in [0.29, 0.717) is 5.92 Å². The Hall–Kier alpha value is -0.640. The molecular formula is C11H21N3S. The van der Waals surface area contributed by atoms with Gasteiger partial charge in [-0.2, -0.15) is 4.37 Å². The highest BCUT2D eigenvalue weighted by molar-refractivity contribution is 7.09. The first kappa shape index (κ1) is 12.4. The number of anilines is 1. The second kappa shape index (κ2) is 6.05. The molecule has 0 saturated heterocycles. The van der Waals surface area contributed by atoms with Gasteiger partial charge in [-0.25, -0.2) is 4.98 Å². The minimum Gasteiger partial charge on any atom is -0.360 e. The molecule has 1 N–H and O–H groups in total. The predicted molar refractivity (Wildman–Crippen MR) is 66.6 cm³/mol. The summed E-state index contributed by atoms with van der Waals surface area (Å²) in [6.45, 7) is 9.74. The molecule has 0 saturated carbocycles. The van der Waals surface area contributed by atoms with Gasteiger partial charge in [-0.05, 0) is 18.8 Å². The number of hydrogen-bond donors (Lipinski definition) is 1. The van der Waals surface area contributed by atoms with E-state index in [1.165, 1.54) is 24.4 Å². The van der Waals surface area contributed by atoms with Crippen LogP contribution in [-0.4, -0.2) is 15.9 Å². The standard InChI is InChI=1S/C11H21N3S/c1-8(2)6-5-7-12-11-13-10(9(3)4)14-15-11/h8-9H,5-7H2,1-4H3,(H,12,13,14). The van der Waals surface area contributed by atoms with Gasteiger partial charge in [-0.15, -0.1) is 0 Å². The summed E-state index contributed by atoms with van der Waals surface area (Å²) in [6.07, 6.45) is 2.47. The molecule has 0 spiro atoms. The fourth-order valence-corrected chi connectivity index (χ4v) is 1.98. The van der Waals surface area contributed by atoms with E-state index in [1.54, 1.807) is 0 Å². The molecule has 15 heavy (non-hydrogen) atoms. The molecule has 4 heteroatoms. The number of nitrogens with zero attached hydrogens (tertiary/aromatic N) is 2. The first-order valence-corrected chi connectivity index (χ1v) is 6.44. The van der Waals surface area contributed by atoms with Crippen LogP contribution < -0.4 is 5.32 Å². The SMILES string of the molecule is CC(C)CCCNc1nc(C(C)C)ns1. The van der Waals surface area contributed by atoms with Gasteiger partial charge >= 0.3 is 0 Å². The molecule has 0 bridgehead atoms. The Labute approximate surface area is 96.5 Å². The lowest BCUT2D eigenvalue weighted by atomic mass is 10.1. The summed E-state index contributed by atoms with van der Waals surface area (Å²) >= 11 is 1.46. The number of aromatic nitrogens is 2. The van der Waals surface area contributed by atoms with Crippen LogP contribution in [0, 0.1) is 5.92 Å². The van der Waals surface area contributed by atoms with Crippen LogP contribution in [-0.2, 0) is 0 Å². The molecule has 0 aliphatic heterocycles. The highest BCUT2D eigenvalue weighted by Crippen LogP contribution is 2.17. The fraction of sp³-hybridized carbons (Fsp3) is 0.818. The number of nitrogens with one attached hydrogen (secondary N) is 1. The van der Waals surface area contributed by atoms with Crippen LogP contribution in [0.15, 0.2) is 0 Å². The second-order valence-corrected chi connectivity index (χ2v) is 5.33. The normalized spacial score (nSPS) is 11.3. The Balaban J connectivity index is 2.26. The van der Waals surface area contributed by atoms with Crippen molar-refractivity contribution in [3.63, 3.8) is 0 Å². The number of rotatable bonds is 6. The molecule has 3 nitrogen and oxygen atoms in total. The van der Waals surface area contributed by atoms with Gasteiger partial charge in [-0.1, -0.05) is 27.7 Å². The zero-order valence-corrected chi connectivity index (χ0v) is 10.9. The van der Waals surface area contributed by atoms with Gasteiger partial charge < -0.3 is 5.32 Å². The average Bonchev–Trinajstić information content (AvgIpc) is 2.60. The minimum atomic E-state index is 0.424. The summed E-state index contributed by atoms with van der Waals surface area (Å²) in [4.78, 5) is 4.42. The summed E-state index contributed by atoms with van der Waals surface area (Å²) < 4.78 is 4.30. The van der Waals surface area contributed by atoms with Gasteiger partial charge in [0.15, 0.2) is 0 Å². The quantitative estimate of drug-likeness (QED) is 0.756. The summed E-state index contributed by atoms with van der Waals surface area (Å²) in [5.74, 6) is 2.16. The molecule has 0 aliphatic carbocycles. The van der Waals surface area contributed by atoms with Crippen molar-refractivity contribution in [1.82, 2.24) is 9.36 Å². The van der Waals surface area contributed by atoms with Gasteiger partial charge in [0.05, 0.1) is 0 Å². The Bertz CT molecular complexity index is 281. The van der Waals surface area contributed by atoms with Crippen LogP contribution in [0.25, 0.3) is 0 Å². The molecule has 1 aromatic heterocycles. The van der Waals surface area contributed by atoms with Gasteiger partial charge in [0.2, 0.25) is 5.13 Å². The molecule has 0 unspecified atom stereocenters. The van der Waals surface area contributed by atoms with Gasteiger partial charge in [-0.3, -0.25) is 0 Å². The van der Waals surface area contributed by atoms with E-state index >= 15 is 0 Å². The van der Waals surface area contributed by atoms with Crippen molar-refractivity contribution in [3.8, 4) is 0 Å². The van der Waals surface area contributed by atoms with E-state index in [1.807, 2.05) is 0 Å². The molecule has 86 valence electrons. The van der Waals surface area contributed by atoms with E-state index in [0.717, 1.165) is 23.4 Å². The van der Waals surface area contributed by atoms with Crippen LogP contribution in [0.5, 0.6) is 0 Å². The topological polar surface area (TPSA) is 37.8 Å². The molecule has 0 radical (unpaired) electrons. The predicted octanol–water partition coefficient (Wildman–Crippen LogP) is 3.51. The summed E-state index contributed by atoms with van der Waals surface area (Å²) in [5, 5.41) is 4.28. The van der Waals surface area contributed by atoms with Crippen LogP contribution in [0.1, 0.15) is 52.3 Å². The first-order valence-electron chi connectivity index (χ1n) is 5.67. The lowest BCUT2D eigenvalue weighted by Gasteiger charge is -2.04. The van der Waals surface area contributed by atoms with Crippen LogP contribution in [0.3, 0.4) is 0 Å². The largest absolute Gasteiger partial charge is 0.360 e. The molecule has 0 amide bonds. The van der Waals surface area contributed by atoms with Crippen molar-refractivity contribution < 1.29 is 0 Å². The average molecular weight is 227 g/mol. The Morgan fingerprint density at radius 2 is 2.00 bits per heavy atom. The smallest absolute Gasteiger partial charge is 0.202 e. The Morgan fingerprint density at radius 1 is 1.27 bits per heavy atom. The molecule has 0 atom stereocenters. The molecule has 1 aromatic rings. The highest BCUT2D eigenvalue weighted by atomic mass is 32.1. The zero-order chi connectivity index (χ0) is 11.3. The van der Waals surface area contributed by atoms with Crippen molar-refractivity contribution in [2.24, 2.45) is 5.92 Å². The molecular weight excluding hydrogens is 206 g/mol. The van der Waals surface area contributed by atoms with E-state index in [2.05, 4.69) is 42.4 Å². The minimum absolute atomic E-state index is 0.424.